The fourth-order valence-corrected chi connectivity index (χ4v) is 3.96. The fraction of sp³-hybridized carbons (Fsp3) is 0.524. The predicted molar refractivity (Wildman–Crippen MR) is 101 cm³/mol. The highest BCUT2D eigenvalue weighted by atomic mass is 16.3. The average Bonchev–Trinajstić information content (AvgIpc) is 2.64. The van der Waals surface area contributed by atoms with Gasteiger partial charge in [0.25, 0.3) is 0 Å². The van der Waals surface area contributed by atoms with Gasteiger partial charge in [-0.05, 0) is 58.3 Å². The number of anilines is 1. The van der Waals surface area contributed by atoms with Crippen LogP contribution in [0, 0.1) is 6.92 Å². The van der Waals surface area contributed by atoms with E-state index in [1.807, 2.05) is 0 Å². The van der Waals surface area contributed by atoms with Crippen LogP contribution in [0.4, 0.5) is 5.82 Å². The zero-order valence-electron chi connectivity index (χ0n) is 15.0. The van der Waals surface area contributed by atoms with Crippen molar-refractivity contribution in [2.75, 3.05) is 5.32 Å². The van der Waals surface area contributed by atoms with Gasteiger partial charge < -0.3 is 10.4 Å². The Morgan fingerprint density at radius 3 is 2.44 bits per heavy atom. The molecule has 2 aliphatic rings. The van der Waals surface area contributed by atoms with E-state index in [0.29, 0.717) is 6.04 Å². The maximum atomic E-state index is 9.75. The molecule has 0 saturated heterocycles. The van der Waals surface area contributed by atoms with Crippen LogP contribution >= 0.6 is 0 Å². The molecule has 0 bridgehead atoms. The third-order valence-corrected chi connectivity index (χ3v) is 5.53. The van der Waals surface area contributed by atoms with E-state index in [0.717, 1.165) is 55.7 Å². The number of hydrogen-bond acceptors (Lipinski definition) is 4. The molecule has 1 fully saturated rings. The van der Waals surface area contributed by atoms with Crippen molar-refractivity contribution in [1.29, 1.82) is 0 Å². The molecule has 2 N–H and O–H groups in total. The maximum absolute atomic E-state index is 9.75. The number of fused-ring (bicyclic) bond motifs is 1. The summed E-state index contributed by atoms with van der Waals surface area (Å²) in [6.07, 6.45) is 8.23. The van der Waals surface area contributed by atoms with Gasteiger partial charge in [0.2, 0.25) is 0 Å². The first kappa shape index (κ1) is 16.5. The third-order valence-electron chi connectivity index (χ3n) is 5.53. The number of aromatic nitrogens is 2. The molecule has 1 aromatic heterocycles. The molecule has 4 rings (SSSR count). The summed E-state index contributed by atoms with van der Waals surface area (Å²) in [5.41, 5.74) is 4.87. The molecule has 0 spiro atoms. The smallest absolute Gasteiger partial charge is 0.161 e. The van der Waals surface area contributed by atoms with Crippen LogP contribution in [0.1, 0.15) is 55.3 Å². The van der Waals surface area contributed by atoms with Crippen LogP contribution in [0.15, 0.2) is 24.3 Å². The quantitative estimate of drug-likeness (QED) is 0.887. The van der Waals surface area contributed by atoms with Crippen molar-refractivity contribution < 1.29 is 5.11 Å². The molecule has 1 heterocycles. The fourth-order valence-electron chi connectivity index (χ4n) is 3.96. The Kier molecular flexibility index (Phi) is 4.71. The summed E-state index contributed by atoms with van der Waals surface area (Å²) < 4.78 is 0. The van der Waals surface area contributed by atoms with Crippen molar-refractivity contribution in [3.05, 3.63) is 41.1 Å². The maximum Gasteiger partial charge on any atom is 0.161 e. The van der Waals surface area contributed by atoms with Crippen LogP contribution in [-0.4, -0.2) is 27.2 Å². The lowest BCUT2D eigenvalue weighted by Crippen LogP contribution is -2.29. The molecule has 0 amide bonds. The minimum atomic E-state index is -0.125. The Morgan fingerprint density at radius 1 is 0.960 bits per heavy atom. The number of hydrogen-bond donors (Lipinski definition) is 2. The number of aryl methyl sites for hydroxylation is 2. The van der Waals surface area contributed by atoms with Crippen molar-refractivity contribution in [1.82, 2.24) is 9.97 Å². The van der Waals surface area contributed by atoms with E-state index in [1.54, 1.807) is 0 Å². The van der Waals surface area contributed by atoms with Gasteiger partial charge >= 0.3 is 0 Å². The summed E-state index contributed by atoms with van der Waals surface area (Å²) in [7, 11) is 0. The van der Waals surface area contributed by atoms with Gasteiger partial charge in [-0.25, -0.2) is 9.97 Å². The van der Waals surface area contributed by atoms with Crippen LogP contribution in [0.25, 0.3) is 11.4 Å². The number of aliphatic hydroxyl groups excluding tert-OH is 1. The van der Waals surface area contributed by atoms with Crippen molar-refractivity contribution in [2.45, 2.75) is 70.4 Å². The van der Waals surface area contributed by atoms with Crippen molar-refractivity contribution >= 4 is 5.82 Å². The predicted octanol–water partition coefficient (Wildman–Crippen LogP) is 4.05. The summed E-state index contributed by atoms with van der Waals surface area (Å²) >= 11 is 0. The second kappa shape index (κ2) is 7.12. The Bertz CT molecular complexity index is 734. The zero-order chi connectivity index (χ0) is 17.2. The number of aliphatic hydroxyl groups is 1. The van der Waals surface area contributed by atoms with Crippen LogP contribution < -0.4 is 5.32 Å². The van der Waals surface area contributed by atoms with E-state index in [2.05, 4.69) is 36.5 Å². The van der Waals surface area contributed by atoms with Gasteiger partial charge in [-0.2, -0.15) is 0 Å². The molecule has 25 heavy (non-hydrogen) atoms. The summed E-state index contributed by atoms with van der Waals surface area (Å²) in [6, 6.07) is 8.87. The van der Waals surface area contributed by atoms with Crippen molar-refractivity contribution in [3.63, 3.8) is 0 Å². The monoisotopic (exact) mass is 337 g/mol. The topological polar surface area (TPSA) is 58.0 Å². The number of nitrogens with one attached hydrogen (secondary N) is 1. The number of nitrogens with zero attached hydrogens (tertiary/aromatic N) is 2. The highest BCUT2D eigenvalue weighted by Gasteiger charge is 2.23. The van der Waals surface area contributed by atoms with E-state index in [-0.39, 0.29) is 6.10 Å². The number of rotatable bonds is 3. The Hall–Kier alpha value is -1.94. The van der Waals surface area contributed by atoms with E-state index in [9.17, 15) is 5.11 Å². The third kappa shape index (κ3) is 3.69. The van der Waals surface area contributed by atoms with Gasteiger partial charge in [-0.1, -0.05) is 29.8 Å². The molecule has 2 aliphatic carbocycles. The van der Waals surface area contributed by atoms with Gasteiger partial charge in [-0.15, -0.1) is 0 Å². The SMILES string of the molecule is Cc1ccc(-c2nc3c(c(N[C@H]4CC[C@H](O)CC4)n2)CCCC3)cc1. The zero-order valence-corrected chi connectivity index (χ0v) is 15.0. The van der Waals surface area contributed by atoms with Crippen LogP contribution in [-0.2, 0) is 12.8 Å². The molecule has 0 atom stereocenters. The minimum Gasteiger partial charge on any atom is -0.393 e. The lowest BCUT2D eigenvalue weighted by Gasteiger charge is -2.28. The average molecular weight is 337 g/mol. The first-order valence-corrected chi connectivity index (χ1v) is 9.60. The first-order valence-electron chi connectivity index (χ1n) is 9.60. The second-order valence-electron chi connectivity index (χ2n) is 7.54. The molecule has 4 nitrogen and oxygen atoms in total. The molecule has 0 unspecified atom stereocenters. The molecule has 132 valence electrons. The minimum absolute atomic E-state index is 0.125. The standard InChI is InChI=1S/C21H27N3O/c1-14-6-8-15(9-7-14)20-23-19-5-3-2-4-18(19)21(24-20)22-16-10-12-17(25)13-11-16/h6-9,16-17,25H,2-5,10-13H2,1H3,(H,22,23,24)/t16-,17-. The van der Waals surface area contributed by atoms with Crippen LogP contribution in [0.5, 0.6) is 0 Å². The second-order valence-corrected chi connectivity index (χ2v) is 7.54. The first-order chi connectivity index (χ1) is 12.2. The summed E-state index contributed by atoms with van der Waals surface area (Å²) in [6.45, 7) is 2.10. The lowest BCUT2D eigenvalue weighted by molar-refractivity contribution is 0.126. The molecule has 4 heteroatoms. The van der Waals surface area contributed by atoms with Crippen molar-refractivity contribution in [2.24, 2.45) is 0 Å². The molecular formula is C21H27N3O. The Morgan fingerprint density at radius 2 is 1.68 bits per heavy atom. The van der Waals surface area contributed by atoms with E-state index < -0.39 is 0 Å². The normalized spacial score (nSPS) is 23.1. The Labute approximate surface area is 149 Å². The molecule has 1 saturated carbocycles. The molecule has 0 radical (unpaired) electrons. The van der Waals surface area contributed by atoms with Crippen LogP contribution in [0.2, 0.25) is 0 Å². The van der Waals surface area contributed by atoms with E-state index >= 15 is 0 Å². The Balaban J connectivity index is 1.66. The van der Waals surface area contributed by atoms with Crippen LogP contribution in [0.3, 0.4) is 0 Å². The van der Waals surface area contributed by atoms with Crippen molar-refractivity contribution in [3.8, 4) is 11.4 Å². The van der Waals surface area contributed by atoms with Gasteiger partial charge in [0.1, 0.15) is 5.82 Å². The lowest BCUT2D eigenvalue weighted by atomic mass is 9.92. The highest BCUT2D eigenvalue weighted by molar-refractivity contribution is 5.61. The van der Waals surface area contributed by atoms with E-state index in [1.165, 1.54) is 29.7 Å². The summed E-state index contributed by atoms with van der Waals surface area (Å²) in [5, 5.41) is 13.4. The van der Waals surface area contributed by atoms with Gasteiger partial charge in [0.05, 0.1) is 6.10 Å². The number of benzene rings is 1. The summed E-state index contributed by atoms with van der Waals surface area (Å²) in [4.78, 5) is 9.80. The highest BCUT2D eigenvalue weighted by Crippen LogP contribution is 2.30. The summed E-state index contributed by atoms with van der Waals surface area (Å²) in [5.74, 6) is 1.86. The van der Waals surface area contributed by atoms with Gasteiger partial charge in [0, 0.05) is 22.9 Å². The largest absolute Gasteiger partial charge is 0.393 e. The molecule has 0 aliphatic heterocycles. The molecule has 2 aromatic rings. The molecular weight excluding hydrogens is 310 g/mol. The van der Waals surface area contributed by atoms with Gasteiger partial charge in [0.15, 0.2) is 5.82 Å². The van der Waals surface area contributed by atoms with E-state index in [4.69, 9.17) is 9.97 Å². The van der Waals surface area contributed by atoms with Gasteiger partial charge in [-0.3, -0.25) is 0 Å². The molecule has 1 aromatic carbocycles.